The van der Waals surface area contributed by atoms with E-state index in [0.29, 0.717) is 5.56 Å². The lowest BCUT2D eigenvalue weighted by Gasteiger charge is -2.20. The molecule has 2 aliphatic rings. The van der Waals surface area contributed by atoms with Crippen molar-refractivity contribution < 1.29 is 13.2 Å². The molecule has 0 bridgehead atoms. The van der Waals surface area contributed by atoms with Gasteiger partial charge in [0.1, 0.15) is 0 Å². The highest BCUT2D eigenvalue weighted by molar-refractivity contribution is 9.10. The predicted molar refractivity (Wildman–Crippen MR) is 122 cm³/mol. The number of carbonyl (C=O) groups excluding carboxylic acids is 1. The number of hydrogen-bond donors (Lipinski definition) is 1. The Balaban J connectivity index is 1.94. The van der Waals surface area contributed by atoms with Gasteiger partial charge in [-0.1, -0.05) is 19.9 Å². The smallest absolute Gasteiger partial charge is 0.283 e. The lowest BCUT2D eigenvalue weighted by molar-refractivity contribution is -0.114. The maximum Gasteiger partial charge on any atom is 0.283 e. The summed E-state index contributed by atoms with van der Waals surface area (Å²) in [5.41, 5.74) is 1.72. The van der Waals surface area contributed by atoms with E-state index in [0.717, 1.165) is 26.9 Å². The van der Waals surface area contributed by atoms with E-state index in [1.54, 1.807) is 19.9 Å². The molecule has 29 heavy (non-hydrogen) atoms. The molecule has 0 radical (unpaired) electrons. The third-order valence-corrected chi connectivity index (χ3v) is 8.09. The largest absolute Gasteiger partial charge is 0.377 e. The standard InChI is InChI=1S/C18H20BrN5O3S2/c1-10(2)9-29(26,27)18-22-24-15(20)12(16(25)21-17(24)28-18)7-11-5-6-14(23(3)4)13(19)8-11/h5-8,10,20H,9H2,1-4H3/b12-7+,20-15?. The number of aliphatic imine (C=N–C) groups is 1. The molecule has 0 aliphatic carbocycles. The third-order valence-electron chi connectivity index (χ3n) is 4.02. The quantitative estimate of drug-likeness (QED) is 0.640. The van der Waals surface area contributed by atoms with Gasteiger partial charge in [0, 0.05) is 18.6 Å². The van der Waals surface area contributed by atoms with Gasteiger partial charge in [-0.25, -0.2) is 8.42 Å². The molecule has 0 fully saturated rings. The first-order chi connectivity index (χ1) is 13.5. The van der Waals surface area contributed by atoms with Crippen molar-refractivity contribution in [3.05, 3.63) is 33.8 Å². The van der Waals surface area contributed by atoms with Crippen LogP contribution in [0.5, 0.6) is 0 Å². The predicted octanol–water partition coefficient (Wildman–Crippen LogP) is 3.16. The number of anilines is 1. The Labute approximate surface area is 182 Å². The third kappa shape index (κ3) is 4.46. The Bertz CT molecular complexity index is 1090. The van der Waals surface area contributed by atoms with Crippen LogP contribution in [-0.4, -0.2) is 54.6 Å². The van der Waals surface area contributed by atoms with Crippen molar-refractivity contribution in [2.45, 2.75) is 13.8 Å². The SMILES string of the molecule is CC(C)CS(=O)(=O)C1=NN2C(=N)/C(=C\c3ccc(N(C)C)c(Br)c3)C(=O)N=C2S1. The lowest BCUT2D eigenvalue weighted by atomic mass is 10.1. The average molecular weight is 498 g/mol. The normalized spacial score (nSPS) is 18.3. The highest BCUT2D eigenvalue weighted by atomic mass is 79.9. The van der Waals surface area contributed by atoms with E-state index in [-0.39, 0.29) is 32.6 Å². The molecule has 0 saturated heterocycles. The maximum atomic E-state index is 12.5. The highest BCUT2D eigenvalue weighted by Crippen LogP contribution is 2.32. The van der Waals surface area contributed by atoms with Crippen LogP contribution in [0.3, 0.4) is 0 Å². The Morgan fingerprint density at radius 3 is 2.62 bits per heavy atom. The van der Waals surface area contributed by atoms with Crippen LogP contribution < -0.4 is 4.90 Å². The Kier molecular flexibility index (Phi) is 6.02. The molecule has 0 atom stereocenters. The minimum Gasteiger partial charge on any atom is -0.377 e. The van der Waals surface area contributed by atoms with Crippen LogP contribution in [0.4, 0.5) is 5.69 Å². The van der Waals surface area contributed by atoms with Crippen LogP contribution in [0.1, 0.15) is 19.4 Å². The maximum absolute atomic E-state index is 12.5. The van der Waals surface area contributed by atoms with Crippen LogP contribution in [0, 0.1) is 11.3 Å². The number of benzene rings is 1. The van der Waals surface area contributed by atoms with E-state index < -0.39 is 15.7 Å². The molecule has 1 amide bonds. The topological polar surface area (TPSA) is 106 Å². The molecule has 2 heterocycles. The molecule has 3 rings (SSSR count). The number of amides is 1. The molecular formula is C18H20BrN5O3S2. The fourth-order valence-corrected chi connectivity index (χ4v) is 6.29. The van der Waals surface area contributed by atoms with E-state index in [4.69, 9.17) is 5.41 Å². The van der Waals surface area contributed by atoms with Crippen LogP contribution in [0.25, 0.3) is 6.08 Å². The van der Waals surface area contributed by atoms with Crippen molar-refractivity contribution in [1.29, 1.82) is 5.41 Å². The molecule has 11 heteroatoms. The number of hydrazone groups is 1. The van der Waals surface area contributed by atoms with Gasteiger partial charge in [0.2, 0.25) is 19.4 Å². The number of carbonyl (C=O) groups is 1. The van der Waals surface area contributed by atoms with Crippen molar-refractivity contribution in [2.24, 2.45) is 16.0 Å². The van der Waals surface area contributed by atoms with E-state index in [1.807, 2.05) is 37.2 Å². The van der Waals surface area contributed by atoms with E-state index in [1.165, 1.54) is 0 Å². The Morgan fingerprint density at radius 1 is 1.34 bits per heavy atom. The summed E-state index contributed by atoms with van der Waals surface area (Å²) in [6.07, 6.45) is 1.55. The zero-order chi connectivity index (χ0) is 21.5. The summed E-state index contributed by atoms with van der Waals surface area (Å²) in [6.45, 7) is 3.60. The van der Waals surface area contributed by atoms with Crippen LogP contribution >= 0.6 is 27.7 Å². The molecule has 1 aromatic carbocycles. The van der Waals surface area contributed by atoms with Crippen molar-refractivity contribution in [3.8, 4) is 0 Å². The van der Waals surface area contributed by atoms with Gasteiger partial charge in [0.15, 0.2) is 5.84 Å². The fraction of sp³-hybridized carbons (Fsp3) is 0.333. The van der Waals surface area contributed by atoms with Gasteiger partial charge in [-0.15, -0.1) is 5.10 Å². The molecule has 0 spiro atoms. The average Bonchev–Trinajstić information content (AvgIpc) is 3.02. The zero-order valence-electron chi connectivity index (χ0n) is 16.3. The van der Waals surface area contributed by atoms with E-state index in [2.05, 4.69) is 26.0 Å². The summed E-state index contributed by atoms with van der Waals surface area (Å²) < 4.78 is 25.6. The number of hydrogen-bond acceptors (Lipinski definition) is 7. The van der Waals surface area contributed by atoms with Crippen molar-refractivity contribution in [1.82, 2.24) is 5.01 Å². The second-order valence-electron chi connectivity index (χ2n) is 7.17. The van der Waals surface area contributed by atoms with Gasteiger partial charge in [-0.3, -0.25) is 10.2 Å². The van der Waals surface area contributed by atoms with Gasteiger partial charge in [-0.05, 0) is 57.4 Å². The van der Waals surface area contributed by atoms with Crippen molar-refractivity contribution in [2.75, 3.05) is 24.7 Å². The van der Waals surface area contributed by atoms with Gasteiger partial charge in [-0.2, -0.15) is 10.0 Å². The summed E-state index contributed by atoms with van der Waals surface area (Å²) in [4.78, 5) is 18.4. The number of amidine groups is 2. The number of nitrogens with zero attached hydrogens (tertiary/aromatic N) is 4. The second-order valence-corrected chi connectivity index (χ2v) is 11.2. The summed E-state index contributed by atoms with van der Waals surface area (Å²) in [5.74, 6) is -0.923. The number of sulfone groups is 1. The first-order valence-corrected chi connectivity index (χ1v) is 12.0. The van der Waals surface area contributed by atoms with Crippen molar-refractivity contribution >= 4 is 70.6 Å². The molecule has 1 aromatic rings. The number of thioether (sulfide) groups is 1. The molecule has 8 nitrogen and oxygen atoms in total. The summed E-state index contributed by atoms with van der Waals surface area (Å²) >= 11 is 4.30. The number of fused-ring (bicyclic) bond motifs is 1. The molecule has 0 aromatic heterocycles. The van der Waals surface area contributed by atoms with E-state index in [9.17, 15) is 13.2 Å². The van der Waals surface area contributed by atoms with Gasteiger partial charge in [0.05, 0.1) is 17.0 Å². The number of nitrogens with one attached hydrogen (secondary N) is 1. The van der Waals surface area contributed by atoms with Crippen LogP contribution in [0.2, 0.25) is 0 Å². The Hall–Kier alpha value is -1.98. The number of rotatable bonds is 4. The molecule has 2 aliphatic heterocycles. The molecule has 1 N–H and O–H groups in total. The summed E-state index contributed by atoms with van der Waals surface area (Å²) in [5, 5.41) is 13.6. The van der Waals surface area contributed by atoms with Crippen LogP contribution in [-0.2, 0) is 14.6 Å². The van der Waals surface area contributed by atoms with Crippen molar-refractivity contribution in [3.63, 3.8) is 0 Å². The van der Waals surface area contributed by atoms with Gasteiger partial charge in [0.25, 0.3) is 5.91 Å². The summed E-state index contributed by atoms with van der Waals surface area (Å²) in [7, 11) is 0.238. The summed E-state index contributed by atoms with van der Waals surface area (Å²) in [6, 6.07) is 5.55. The second kappa shape index (κ2) is 8.04. The van der Waals surface area contributed by atoms with E-state index >= 15 is 0 Å². The highest BCUT2D eigenvalue weighted by Gasteiger charge is 2.39. The molecule has 0 saturated carbocycles. The minimum absolute atomic E-state index is 0.0464. The monoisotopic (exact) mass is 497 g/mol. The van der Waals surface area contributed by atoms with Crippen LogP contribution in [0.15, 0.2) is 38.3 Å². The first kappa shape index (κ1) is 21.7. The first-order valence-electron chi connectivity index (χ1n) is 8.69. The lowest BCUT2D eigenvalue weighted by Crippen LogP contribution is -2.35. The Morgan fingerprint density at radius 2 is 2.03 bits per heavy atom. The fourth-order valence-electron chi connectivity index (χ4n) is 2.75. The zero-order valence-corrected chi connectivity index (χ0v) is 19.5. The molecular weight excluding hydrogens is 478 g/mol. The van der Waals surface area contributed by atoms with Gasteiger partial charge >= 0.3 is 0 Å². The molecule has 154 valence electrons. The minimum atomic E-state index is -3.60. The van der Waals surface area contributed by atoms with Gasteiger partial charge < -0.3 is 4.90 Å². The molecule has 0 unspecified atom stereocenters. The number of halogens is 1.